The summed E-state index contributed by atoms with van der Waals surface area (Å²) in [6, 6.07) is 1.61. The summed E-state index contributed by atoms with van der Waals surface area (Å²) in [5, 5.41) is 19.7. The Morgan fingerprint density at radius 2 is 2.29 bits per heavy atom. The molecule has 0 aromatic carbocycles. The maximum Gasteiger partial charge on any atom is 0.232 e. The highest BCUT2D eigenvalue weighted by atomic mass is 31.2. The molecule has 2 aromatic heterocycles. The van der Waals surface area contributed by atoms with E-state index < -0.39 is 39.0 Å². The number of nitrogens with zero attached hydrogens (tertiary/aromatic N) is 3. The van der Waals surface area contributed by atoms with Crippen LogP contribution in [0.2, 0.25) is 0 Å². The van der Waals surface area contributed by atoms with Crippen LogP contribution < -0.4 is 5.73 Å². The first-order chi connectivity index (χ1) is 11.4. The molecule has 24 heavy (non-hydrogen) atoms. The summed E-state index contributed by atoms with van der Waals surface area (Å²) in [7, 11) is -2.28. The fraction of sp³-hybridized carbons (Fsp3) is 0.500. The van der Waals surface area contributed by atoms with Crippen LogP contribution in [0.1, 0.15) is 13.2 Å². The predicted octanol–water partition coefficient (Wildman–Crippen LogP) is 0.160. The first-order valence-corrected chi connectivity index (χ1v) is 8.25. The minimum Gasteiger partial charge on any atom is -0.387 e. The number of nitrogen functional groups attached to an aromatic ring is 1. The first kappa shape index (κ1) is 17.4. The van der Waals surface area contributed by atoms with Crippen LogP contribution in [0.5, 0.6) is 0 Å². The van der Waals surface area contributed by atoms with Gasteiger partial charge in [0.15, 0.2) is 12.4 Å². The second-order valence-electron chi connectivity index (χ2n) is 5.37. The standard InChI is InChI=1S/C12H16FN4O6P/c1-12(19)7(13)10(22-23-24(20)5-18)21-11(12)17-3-2-6-8(14)15-4-16-9(6)17/h2-4,7,10-11,18-20H,5H2,1H3,(H2,14,15,16)/t7?,10-,11-,12+,24?/m1/s1. The molecule has 5 N–H and O–H groups in total. The third-order valence-electron chi connectivity index (χ3n) is 3.70. The summed E-state index contributed by atoms with van der Waals surface area (Å²) < 4.78 is 25.7. The second kappa shape index (κ2) is 6.45. The van der Waals surface area contributed by atoms with Crippen molar-refractivity contribution in [2.45, 2.75) is 31.2 Å². The molecule has 3 heterocycles. The molecule has 2 unspecified atom stereocenters. The summed E-state index contributed by atoms with van der Waals surface area (Å²) in [5.41, 5.74) is 4.12. The molecule has 1 aliphatic heterocycles. The van der Waals surface area contributed by atoms with E-state index in [1.165, 1.54) is 24.0 Å². The summed E-state index contributed by atoms with van der Waals surface area (Å²) in [5.74, 6) is 0.234. The highest BCUT2D eigenvalue weighted by molar-refractivity contribution is 7.45. The van der Waals surface area contributed by atoms with Crippen molar-refractivity contribution >= 4 is 25.2 Å². The van der Waals surface area contributed by atoms with E-state index in [1.807, 2.05) is 0 Å². The van der Waals surface area contributed by atoms with Gasteiger partial charge < -0.3 is 30.1 Å². The fourth-order valence-corrected chi connectivity index (χ4v) is 2.69. The highest BCUT2D eigenvalue weighted by Crippen LogP contribution is 2.43. The third kappa shape index (κ3) is 2.84. The number of aromatic nitrogens is 3. The molecule has 5 atom stereocenters. The molecule has 1 fully saturated rings. The number of fused-ring (bicyclic) bond motifs is 1. The Bertz CT molecular complexity index is 731. The largest absolute Gasteiger partial charge is 0.387 e. The zero-order valence-electron chi connectivity index (χ0n) is 12.5. The third-order valence-corrected chi connectivity index (χ3v) is 4.20. The van der Waals surface area contributed by atoms with Crippen molar-refractivity contribution < 1.29 is 33.8 Å². The Hall–Kier alpha value is -1.46. The van der Waals surface area contributed by atoms with Gasteiger partial charge in [-0.25, -0.2) is 14.4 Å². The van der Waals surface area contributed by atoms with Crippen molar-refractivity contribution in [3.05, 3.63) is 18.6 Å². The summed E-state index contributed by atoms with van der Waals surface area (Å²) in [6.07, 6.45) is -2.70. The Balaban J connectivity index is 1.88. The summed E-state index contributed by atoms with van der Waals surface area (Å²) in [4.78, 5) is 21.7. The SMILES string of the molecule is C[C@]1(O)C(F)[C@@H](OOP(O)CO)O[C@H]1n1ccc2c(N)ncnc21. The van der Waals surface area contributed by atoms with Gasteiger partial charge in [-0.1, -0.05) is 0 Å². The van der Waals surface area contributed by atoms with E-state index in [1.54, 1.807) is 6.07 Å². The predicted molar refractivity (Wildman–Crippen MR) is 79.8 cm³/mol. The van der Waals surface area contributed by atoms with Gasteiger partial charge in [0, 0.05) is 6.20 Å². The molecule has 0 saturated carbocycles. The Labute approximate surface area is 136 Å². The van der Waals surface area contributed by atoms with Crippen molar-refractivity contribution in [3.8, 4) is 0 Å². The molecule has 0 bridgehead atoms. The van der Waals surface area contributed by atoms with Crippen molar-refractivity contribution in [1.29, 1.82) is 0 Å². The van der Waals surface area contributed by atoms with E-state index in [-0.39, 0.29) is 5.82 Å². The van der Waals surface area contributed by atoms with E-state index in [4.69, 9.17) is 20.5 Å². The van der Waals surface area contributed by atoms with Gasteiger partial charge in [0.05, 0.1) is 5.39 Å². The number of nitrogens with two attached hydrogens (primary N) is 1. The topological polar surface area (TPSA) is 145 Å². The van der Waals surface area contributed by atoms with Crippen LogP contribution in [0, 0.1) is 0 Å². The van der Waals surface area contributed by atoms with Crippen molar-refractivity contribution in [2.75, 3.05) is 12.1 Å². The van der Waals surface area contributed by atoms with E-state index in [9.17, 15) is 9.50 Å². The zero-order chi connectivity index (χ0) is 17.5. The monoisotopic (exact) mass is 362 g/mol. The second-order valence-corrected chi connectivity index (χ2v) is 6.50. The number of anilines is 1. The number of alkyl halides is 1. The molecule has 3 rings (SSSR count). The van der Waals surface area contributed by atoms with E-state index in [0.29, 0.717) is 11.0 Å². The van der Waals surface area contributed by atoms with Crippen molar-refractivity contribution in [1.82, 2.24) is 14.5 Å². The van der Waals surface area contributed by atoms with Crippen molar-refractivity contribution in [2.24, 2.45) is 0 Å². The number of rotatable bonds is 5. The summed E-state index contributed by atoms with van der Waals surface area (Å²) >= 11 is 0. The average molecular weight is 362 g/mol. The Morgan fingerprint density at radius 1 is 1.54 bits per heavy atom. The van der Waals surface area contributed by atoms with Crippen LogP contribution in [-0.2, 0) is 14.3 Å². The molecule has 12 heteroatoms. The van der Waals surface area contributed by atoms with E-state index in [0.717, 1.165) is 0 Å². The molecule has 0 amide bonds. The van der Waals surface area contributed by atoms with Gasteiger partial charge in [0.1, 0.15) is 29.7 Å². The molecule has 1 saturated heterocycles. The smallest absolute Gasteiger partial charge is 0.232 e. The van der Waals surface area contributed by atoms with Gasteiger partial charge in [-0.2, -0.15) is 9.56 Å². The number of hydrogen-bond acceptors (Lipinski definition) is 9. The zero-order valence-corrected chi connectivity index (χ0v) is 13.4. The maximum atomic E-state index is 14.5. The highest BCUT2D eigenvalue weighted by Gasteiger charge is 2.56. The number of halogens is 1. The van der Waals surface area contributed by atoms with Crippen LogP contribution in [0.25, 0.3) is 11.0 Å². The number of hydrogen-bond donors (Lipinski definition) is 4. The maximum absolute atomic E-state index is 14.5. The van der Waals surface area contributed by atoms with Crippen molar-refractivity contribution in [3.63, 3.8) is 0 Å². The van der Waals surface area contributed by atoms with Gasteiger partial charge in [0.25, 0.3) is 0 Å². The summed E-state index contributed by atoms with van der Waals surface area (Å²) in [6.45, 7) is 1.23. The fourth-order valence-electron chi connectivity index (χ4n) is 2.46. The number of ether oxygens (including phenoxy) is 1. The molecule has 0 spiro atoms. The normalized spacial score (nSPS) is 31.6. The molecule has 2 aromatic rings. The molecule has 0 radical (unpaired) electrons. The van der Waals surface area contributed by atoms with Crippen LogP contribution in [0.15, 0.2) is 18.6 Å². The van der Waals surface area contributed by atoms with Crippen LogP contribution in [-0.4, -0.2) is 54.1 Å². The first-order valence-electron chi connectivity index (χ1n) is 6.86. The lowest BCUT2D eigenvalue weighted by Gasteiger charge is -2.26. The molecular formula is C12H16FN4O6P. The van der Waals surface area contributed by atoms with Gasteiger partial charge in [-0.3, -0.25) is 0 Å². The molecular weight excluding hydrogens is 346 g/mol. The van der Waals surface area contributed by atoms with Gasteiger partial charge in [-0.15, -0.1) is 0 Å². The lowest BCUT2D eigenvalue weighted by Crippen LogP contribution is -2.41. The van der Waals surface area contributed by atoms with Crippen LogP contribution in [0.3, 0.4) is 0 Å². The van der Waals surface area contributed by atoms with Crippen LogP contribution in [0.4, 0.5) is 10.2 Å². The Kier molecular flexibility index (Phi) is 4.67. The molecule has 1 aliphatic rings. The average Bonchev–Trinajstić information content (AvgIpc) is 3.07. The molecule has 132 valence electrons. The van der Waals surface area contributed by atoms with Gasteiger partial charge >= 0.3 is 0 Å². The minimum atomic E-state index is -2.28. The molecule has 10 nitrogen and oxygen atoms in total. The minimum absolute atomic E-state index is 0.234. The Morgan fingerprint density at radius 3 is 3.00 bits per heavy atom. The number of aliphatic hydroxyl groups excluding tert-OH is 1. The molecule has 0 aliphatic carbocycles. The van der Waals surface area contributed by atoms with E-state index in [2.05, 4.69) is 19.5 Å². The quantitative estimate of drug-likeness (QED) is 0.332. The number of aliphatic hydroxyl groups is 2. The van der Waals surface area contributed by atoms with Gasteiger partial charge in [0.2, 0.25) is 14.7 Å². The lowest BCUT2D eigenvalue weighted by atomic mass is 10.0. The van der Waals surface area contributed by atoms with Gasteiger partial charge in [-0.05, 0) is 13.0 Å². The lowest BCUT2D eigenvalue weighted by molar-refractivity contribution is -0.327. The van der Waals surface area contributed by atoms with Crippen LogP contribution >= 0.6 is 8.38 Å². The van der Waals surface area contributed by atoms with E-state index >= 15 is 0 Å².